The molecule has 0 aliphatic rings. The largest absolute Gasteiger partial charge is 0.497 e. The lowest BCUT2D eigenvalue weighted by Crippen LogP contribution is -2.17. The summed E-state index contributed by atoms with van der Waals surface area (Å²) in [5, 5.41) is 11.1. The monoisotopic (exact) mass is 378 g/mol. The highest BCUT2D eigenvalue weighted by atomic mass is 16.5. The number of benzene rings is 2. The standard InChI is InChI=1S/C21H22N4O3/c1-3-11-28-19-6-4-5-16(12-19)21(26)25-23-14-17-13-22-24-20(17)15-7-9-18(27-2)10-8-15/h4-10,12-14H,3,11H2,1-2H3,(H,22,24)(H,25,26)/b23-14-. The molecule has 3 aromatic rings. The van der Waals surface area contributed by atoms with E-state index in [0.717, 1.165) is 29.0 Å². The molecule has 1 aromatic heterocycles. The Bertz CT molecular complexity index is 948. The second kappa shape index (κ2) is 9.36. The van der Waals surface area contributed by atoms with Gasteiger partial charge in [0.2, 0.25) is 0 Å². The predicted molar refractivity (Wildman–Crippen MR) is 108 cm³/mol. The Hall–Kier alpha value is -3.61. The van der Waals surface area contributed by atoms with Crippen LogP contribution in [0.2, 0.25) is 0 Å². The maximum atomic E-state index is 12.3. The molecule has 0 bridgehead atoms. The minimum Gasteiger partial charge on any atom is -0.497 e. The number of H-pyrrole nitrogens is 1. The number of carbonyl (C=O) groups excluding carboxylic acids is 1. The topological polar surface area (TPSA) is 88.6 Å². The lowest BCUT2D eigenvalue weighted by molar-refractivity contribution is 0.0954. The molecule has 0 fully saturated rings. The van der Waals surface area contributed by atoms with E-state index in [-0.39, 0.29) is 5.91 Å². The fourth-order valence-corrected chi connectivity index (χ4v) is 2.55. The summed E-state index contributed by atoms with van der Waals surface area (Å²) in [6, 6.07) is 14.6. The molecule has 144 valence electrons. The molecule has 1 amide bonds. The summed E-state index contributed by atoms with van der Waals surface area (Å²) in [5.74, 6) is 1.12. The van der Waals surface area contributed by atoms with Gasteiger partial charge < -0.3 is 9.47 Å². The molecule has 0 aliphatic carbocycles. The predicted octanol–water partition coefficient (Wildman–Crippen LogP) is 3.64. The Morgan fingerprint density at radius 2 is 2.04 bits per heavy atom. The molecule has 2 aromatic carbocycles. The third-order valence-electron chi connectivity index (χ3n) is 3.99. The zero-order valence-electron chi connectivity index (χ0n) is 15.8. The van der Waals surface area contributed by atoms with E-state index in [4.69, 9.17) is 9.47 Å². The van der Waals surface area contributed by atoms with Crippen LogP contribution in [0.15, 0.2) is 59.8 Å². The first kappa shape index (κ1) is 19.2. The number of methoxy groups -OCH3 is 1. The van der Waals surface area contributed by atoms with Crippen LogP contribution in [-0.2, 0) is 0 Å². The molecule has 0 radical (unpaired) electrons. The fourth-order valence-electron chi connectivity index (χ4n) is 2.55. The number of ether oxygens (including phenoxy) is 2. The van der Waals surface area contributed by atoms with E-state index in [2.05, 4.69) is 20.7 Å². The summed E-state index contributed by atoms with van der Waals surface area (Å²) in [6.07, 6.45) is 4.11. The third-order valence-corrected chi connectivity index (χ3v) is 3.99. The van der Waals surface area contributed by atoms with Gasteiger partial charge in [-0.25, -0.2) is 5.43 Å². The van der Waals surface area contributed by atoms with Crippen molar-refractivity contribution in [3.05, 3.63) is 65.9 Å². The van der Waals surface area contributed by atoms with Crippen molar-refractivity contribution in [2.24, 2.45) is 5.10 Å². The summed E-state index contributed by atoms with van der Waals surface area (Å²) in [6.45, 7) is 2.64. The average Bonchev–Trinajstić information content (AvgIpc) is 3.21. The number of rotatable bonds is 8. The molecule has 28 heavy (non-hydrogen) atoms. The number of carbonyl (C=O) groups is 1. The summed E-state index contributed by atoms with van der Waals surface area (Å²) in [4.78, 5) is 12.3. The molecule has 0 saturated carbocycles. The van der Waals surface area contributed by atoms with Gasteiger partial charge in [-0.1, -0.05) is 13.0 Å². The zero-order chi connectivity index (χ0) is 19.8. The number of aromatic nitrogens is 2. The normalized spacial score (nSPS) is 10.8. The van der Waals surface area contributed by atoms with Gasteiger partial charge in [0.25, 0.3) is 5.91 Å². The van der Waals surface area contributed by atoms with Gasteiger partial charge in [-0.15, -0.1) is 0 Å². The molecule has 0 spiro atoms. The molecule has 3 rings (SSSR count). The van der Waals surface area contributed by atoms with Crippen molar-refractivity contribution in [3.8, 4) is 22.8 Å². The highest BCUT2D eigenvalue weighted by Gasteiger charge is 2.08. The summed E-state index contributed by atoms with van der Waals surface area (Å²) in [5.41, 5.74) is 5.50. The average molecular weight is 378 g/mol. The van der Waals surface area contributed by atoms with Gasteiger partial charge in [-0.3, -0.25) is 9.89 Å². The lowest BCUT2D eigenvalue weighted by Gasteiger charge is -2.06. The van der Waals surface area contributed by atoms with Gasteiger partial charge in [0.15, 0.2) is 0 Å². The molecular weight excluding hydrogens is 356 g/mol. The molecule has 2 N–H and O–H groups in total. The Morgan fingerprint density at radius 3 is 2.79 bits per heavy atom. The first-order valence-corrected chi connectivity index (χ1v) is 8.95. The van der Waals surface area contributed by atoms with Gasteiger partial charge in [0, 0.05) is 16.7 Å². The van der Waals surface area contributed by atoms with Crippen LogP contribution in [0.5, 0.6) is 11.5 Å². The molecule has 0 unspecified atom stereocenters. The first-order chi connectivity index (χ1) is 13.7. The number of hydrogen-bond donors (Lipinski definition) is 2. The molecular formula is C21H22N4O3. The number of hydrogen-bond acceptors (Lipinski definition) is 5. The van der Waals surface area contributed by atoms with E-state index < -0.39 is 0 Å². The van der Waals surface area contributed by atoms with Crippen LogP contribution in [0.25, 0.3) is 11.3 Å². The Balaban J connectivity index is 1.67. The van der Waals surface area contributed by atoms with Gasteiger partial charge in [0.1, 0.15) is 11.5 Å². The SMILES string of the molecule is CCCOc1cccc(C(=O)N/N=C\c2cn[nH]c2-c2ccc(OC)cc2)c1. The van der Waals surface area contributed by atoms with Crippen molar-refractivity contribution < 1.29 is 14.3 Å². The van der Waals surface area contributed by atoms with Gasteiger partial charge >= 0.3 is 0 Å². The van der Waals surface area contributed by atoms with Crippen LogP contribution < -0.4 is 14.9 Å². The highest BCUT2D eigenvalue weighted by Crippen LogP contribution is 2.22. The summed E-state index contributed by atoms with van der Waals surface area (Å²) < 4.78 is 10.7. The van der Waals surface area contributed by atoms with Crippen molar-refractivity contribution >= 4 is 12.1 Å². The number of nitrogens with zero attached hydrogens (tertiary/aromatic N) is 2. The van der Waals surface area contributed by atoms with E-state index in [1.165, 1.54) is 0 Å². The van der Waals surface area contributed by atoms with Crippen molar-refractivity contribution in [1.29, 1.82) is 0 Å². The highest BCUT2D eigenvalue weighted by molar-refractivity contribution is 5.96. The molecule has 7 heteroatoms. The zero-order valence-corrected chi connectivity index (χ0v) is 15.8. The molecule has 1 heterocycles. The van der Waals surface area contributed by atoms with Crippen LogP contribution in [0, 0.1) is 0 Å². The Kier molecular flexibility index (Phi) is 6.41. The van der Waals surface area contributed by atoms with Crippen LogP contribution in [0.4, 0.5) is 0 Å². The van der Waals surface area contributed by atoms with E-state index >= 15 is 0 Å². The number of hydrazone groups is 1. The number of aromatic amines is 1. The quantitative estimate of drug-likeness (QED) is 0.463. The molecule has 7 nitrogen and oxygen atoms in total. The smallest absolute Gasteiger partial charge is 0.271 e. The molecule has 0 atom stereocenters. The van der Waals surface area contributed by atoms with Crippen LogP contribution in [-0.4, -0.2) is 36.0 Å². The van der Waals surface area contributed by atoms with Gasteiger partial charge in [0.05, 0.1) is 31.8 Å². The Morgan fingerprint density at radius 1 is 1.21 bits per heavy atom. The van der Waals surface area contributed by atoms with Crippen LogP contribution >= 0.6 is 0 Å². The summed E-state index contributed by atoms with van der Waals surface area (Å²) in [7, 11) is 1.62. The maximum Gasteiger partial charge on any atom is 0.271 e. The Labute approximate surface area is 163 Å². The molecule has 0 aliphatic heterocycles. The fraction of sp³-hybridized carbons (Fsp3) is 0.190. The second-order valence-corrected chi connectivity index (χ2v) is 6.00. The first-order valence-electron chi connectivity index (χ1n) is 8.95. The maximum absolute atomic E-state index is 12.3. The van der Waals surface area contributed by atoms with E-state index in [1.807, 2.05) is 37.3 Å². The van der Waals surface area contributed by atoms with Crippen molar-refractivity contribution in [2.45, 2.75) is 13.3 Å². The summed E-state index contributed by atoms with van der Waals surface area (Å²) >= 11 is 0. The van der Waals surface area contributed by atoms with E-state index in [0.29, 0.717) is 17.9 Å². The van der Waals surface area contributed by atoms with E-state index in [9.17, 15) is 4.79 Å². The third kappa shape index (κ3) is 4.76. The number of nitrogens with one attached hydrogen (secondary N) is 2. The minimum atomic E-state index is -0.312. The van der Waals surface area contributed by atoms with Crippen LogP contribution in [0.1, 0.15) is 29.3 Å². The molecule has 0 saturated heterocycles. The van der Waals surface area contributed by atoms with Crippen LogP contribution in [0.3, 0.4) is 0 Å². The lowest BCUT2D eigenvalue weighted by atomic mass is 10.1. The van der Waals surface area contributed by atoms with Gasteiger partial charge in [-0.05, 0) is 48.9 Å². The number of amides is 1. The van der Waals surface area contributed by atoms with Crippen molar-refractivity contribution in [2.75, 3.05) is 13.7 Å². The van der Waals surface area contributed by atoms with Crippen molar-refractivity contribution in [3.63, 3.8) is 0 Å². The van der Waals surface area contributed by atoms with Gasteiger partial charge in [-0.2, -0.15) is 10.2 Å². The van der Waals surface area contributed by atoms with E-state index in [1.54, 1.807) is 37.7 Å². The van der Waals surface area contributed by atoms with Crippen molar-refractivity contribution in [1.82, 2.24) is 15.6 Å². The minimum absolute atomic E-state index is 0.312. The second-order valence-electron chi connectivity index (χ2n) is 6.00.